The number of hydrogen-bond donors (Lipinski definition) is 2. The van der Waals surface area contributed by atoms with Gasteiger partial charge in [-0.2, -0.15) is 0 Å². The van der Waals surface area contributed by atoms with Crippen molar-refractivity contribution in [3.8, 4) is 0 Å². The Kier molecular flexibility index (Phi) is 13.0. The summed E-state index contributed by atoms with van der Waals surface area (Å²) in [5.41, 5.74) is 5.75. The number of carbonyl (C=O) groups excluding carboxylic acids is 2. The van der Waals surface area contributed by atoms with Crippen LogP contribution in [0.2, 0.25) is 0 Å². The number of esters is 1. The Balaban J connectivity index is 0.000000640. The molecule has 6 heteroatoms. The average Bonchev–Trinajstić information content (AvgIpc) is 3.48. The normalized spacial score (nSPS) is 46.1. The first kappa shape index (κ1) is 40.2. The van der Waals surface area contributed by atoms with Crippen molar-refractivity contribution >= 4 is 11.8 Å². The van der Waals surface area contributed by atoms with Gasteiger partial charge in [0.15, 0.2) is 0 Å². The highest BCUT2D eigenvalue weighted by Gasteiger charge is 2.65. The fraction of sp³-hybridized carbons (Fsp3) is 0.955. The molecule has 1 aliphatic heterocycles. The molecule has 7 saturated carbocycles. The van der Waals surface area contributed by atoms with Crippen molar-refractivity contribution in [2.24, 2.45) is 75.7 Å². The summed E-state index contributed by atoms with van der Waals surface area (Å²) in [4.78, 5) is 27.8. The number of Topliss-reactive ketones (excluding diaryl/α,β-unsaturated/α-hetero) is 1. The van der Waals surface area contributed by atoms with E-state index in [9.17, 15) is 9.59 Å². The zero-order chi connectivity index (χ0) is 35.1. The first-order chi connectivity index (χ1) is 23.5. The van der Waals surface area contributed by atoms with Crippen molar-refractivity contribution in [1.29, 1.82) is 0 Å². The van der Waals surface area contributed by atoms with E-state index in [0.29, 0.717) is 34.6 Å². The summed E-state index contributed by atoms with van der Waals surface area (Å²) in [6.45, 7) is 18.9. The molecule has 8 aliphatic rings. The molecule has 8 rings (SSSR count). The Hall–Kier alpha value is -0.980. The van der Waals surface area contributed by atoms with Crippen molar-refractivity contribution in [3.05, 3.63) is 0 Å². The second-order valence-electron chi connectivity index (χ2n) is 19.2. The maximum atomic E-state index is 13.2. The molecule has 7 aliphatic carbocycles. The van der Waals surface area contributed by atoms with E-state index in [1.54, 1.807) is 6.92 Å². The van der Waals surface area contributed by atoms with Crippen LogP contribution in [0.15, 0.2) is 0 Å². The van der Waals surface area contributed by atoms with Gasteiger partial charge in [0.1, 0.15) is 11.9 Å². The Morgan fingerprint density at radius 2 is 1.40 bits per heavy atom. The minimum Gasteiger partial charge on any atom is -0.462 e. The maximum absolute atomic E-state index is 13.2. The predicted octanol–water partition coefficient (Wildman–Crippen LogP) is 8.90. The molecule has 50 heavy (non-hydrogen) atoms. The molecule has 0 aromatic carbocycles. The second kappa shape index (κ2) is 16.2. The number of likely N-dealkylation sites (tertiary alicyclic amines) is 1. The van der Waals surface area contributed by atoms with Crippen LogP contribution in [-0.2, 0) is 14.3 Å². The van der Waals surface area contributed by atoms with E-state index in [1.807, 2.05) is 0 Å². The monoisotopic (exact) mass is 698 g/mol. The molecule has 3 N–H and O–H groups in total. The van der Waals surface area contributed by atoms with E-state index in [4.69, 9.17) is 4.74 Å². The average molecular weight is 698 g/mol. The molecule has 0 spiro atoms. The molecule has 0 aromatic heterocycles. The van der Waals surface area contributed by atoms with Crippen molar-refractivity contribution in [2.75, 3.05) is 33.2 Å². The number of ether oxygens (including phenoxy) is 1. The standard InChI is InChI=1S/C38H62N2O3.C4H8.CH5N.CH4/c1-24-28(26(3)41)23-29(24)35(42)43-33-14-17-36(4)30(25(33)2)12-16-37(5)31-13-18-38(39-19-22-40-20-6-7-21-40)15-8-9-32(38)27(31)10-11-34(36)37;1-4-2-3-4;1-2;/h24-25,27-34,39H,6-23H2,1-5H3;4H,2-3H2,1H3;2H2,1H3;1H4. The van der Waals surface area contributed by atoms with E-state index < -0.39 is 0 Å². The SMILES string of the molecule is C.CC(=O)C1CC(C(=O)OC2CCC3(C)C(CCC4(C)C5CCC6(NCCN7CCCC7)CCCC6C5CCC34)C2C)C1C.CC1CC1.CN. The third kappa shape index (κ3) is 7.40. The van der Waals surface area contributed by atoms with Gasteiger partial charge >= 0.3 is 5.97 Å². The number of nitrogens with zero attached hydrogens (tertiary/aromatic N) is 1. The van der Waals surface area contributed by atoms with Crippen LogP contribution >= 0.6 is 0 Å². The van der Waals surface area contributed by atoms with Gasteiger partial charge in [-0.15, -0.1) is 0 Å². The first-order valence-corrected chi connectivity index (χ1v) is 21.2. The van der Waals surface area contributed by atoms with Gasteiger partial charge < -0.3 is 20.7 Å². The Morgan fingerprint density at radius 3 is 2.04 bits per heavy atom. The van der Waals surface area contributed by atoms with Gasteiger partial charge in [-0.1, -0.05) is 61.3 Å². The van der Waals surface area contributed by atoms with E-state index in [0.717, 1.165) is 36.0 Å². The largest absolute Gasteiger partial charge is 0.462 e. The van der Waals surface area contributed by atoms with Crippen molar-refractivity contribution in [2.45, 2.75) is 163 Å². The summed E-state index contributed by atoms with van der Waals surface area (Å²) in [6.07, 6.45) is 21.4. The van der Waals surface area contributed by atoms with Gasteiger partial charge in [0.25, 0.3) is 0 Å². The highest BCUT2D eigenvalue weighted by molar-refractivity contribution is 5.84. The van der Waals surface area contributed by atoms with E-state index in [-0.39, 0.29) is 43.0 Å². The van der Waals surface area contributed by atoms with Crippen LogP contribution in [-0.4, -0.2) is 61.5 Å². The third-order valence-corrected chi connectivity index (χ3v) is 16.9. The summed E-state index contributed by atoms with van der Waals surface area (Å²) >= 11 is 0. The van der Waals surface area contributed by atoms with Crippen LogP contribution in [0.5, 0.6) is 0 Å². The highest BCUT2D eigenvalue weighted by Crippen LogP contribution is 2.70. The van der Waals surface area contributed by atoms with Crippen LogP contribution in [0.1, 0.15) is 152 Å². The van der Waals surface area contributed by atoms with E-state index >= 15 is 0 Å². The topological polar surface area (TPSA) is 84.7 Å². The summed E-state index contributed by atoms with van der Waals surface area (Å²) in [7, 11) is 1.50. The molecule has 0 aromatic rings. The quantitative estimate of drug-likeness (QED) is 0.259. The van der Waals surface area contributed by atoms with Crippen LogP contribution in [0, 0.1) is 70.0 Å². The molecule has 6 nitrogen and oxygen atoms in total. The predicted molar refractivity (Wildman–Crippen MR) is 207 cm³/mol. The Morgan fingerprint density at radius 1 is 0.760 bits per heavy atom. The fourth-order valence-corrected chi connectivity index (χ4v) is 13.8. The molecule has 0 amide bonds. The lowest BCUT2D eigenvalue weighted by Gasteiger charge is -2.68. The number of fused-ring (bicyclic) bond motifs is 7. The Labute approximate surface area is 307 Å². The molecule has 0 bridgehead atoms. The van der Waals surface area contributed by atoms with Crippen molar-refractivity contribution < 1.29 is 14.3 Å². The zero-order valence-corrected chi connectivity index (χ0v) is 32.7. The lowest BCUT2D eigenvalue weighted by Crippen LogP contribution is -2.64. The Bertz CT molecular complexity index is 1150. The number of nitrogens with two attached hydrogens (primary N) is 1. The molecular formula is C44H79N3O3. The molecule has 13 atom stereocenters. The summed E-state index contributed by atoms with van der Waals surface area (Å²) in [6, 6.07) is 0. The number of nitrogens with one attached hydrogen (secondary N) is 1. The van der Waals surface area contributed by atoms with Crippen molar-refractivity contribution in [3.63, 3.8) is 0 Å². The highest BCUT2D eigenvalue weighted by atomic mass is 16.5. The van der Waals surface area contributed by atoms with E-state index in [1.165, 1.54) is 123 Å². The lowest BCUT2D eigenvalue weighted by atomic mass is 9.38. The summed E-state index contributed by atoms with van der Waals surface area (Å²) < 4.78 is 6.31. The fourth-order valence-electron chi connectivity index (χ4n) is 13.8. The van der Waals surface area contributed by atoms with Crippen LogP contribution < -0.4 is 11.1 Å². The molecule has 1 saturated heterocycles. The number of rotatable bonds is 7. The van der Waals surface area contributed by atoms with Gasteiger partial charge in [0.05, 0.1) is 5.92 Å². The molecule has 1 heterocycles. The third-order valence-electron chi connectivity index (χ3n) is 16.9. The minimum absolute atomic E-state index is 0. The molecule has 0 radical (unpaired) electrons. The van der Waals surface area contributed by atoms with Gasteiger partial charge in [0.2, 0.25) is 0 Å². The van der Waals surface area contributed by atoms with Gasteiger partial charge in [0, 0.05) is 24.5 Å². The van der Waals surface area contributed by atoms with Gasteiger partial charge in [-0.25, -0.2) is 0 Å². The smallest absolute Gasteiger partial charge is 0.309 e. The lowest BCUT2D eigenvalue weighted by molar-refractivity contribution is -0.202. The molecule has 288 valence electrons. The molecule has 13 unspecified atom stereocenters. The number of carbonyl (C=O) groups is 2. The minimum atomic E-state index is -0.0805. The summed E-state index contributed by atoms with van der Waals surface area (Å²) in [5, 5.41) is 4.25. The molecule has 8 fully saturated rings. The van der Waals surface area contributed by atoms with Crippen LogP contribution in [0.3, 0.4) is 0 Å². The number of ketones is 1. The zero-order valence-electron chi connectivity index (χ0n) is 32.7. The first-order valence-electron chi connectivity index (χ1n) is 21.2. The second-order valence-corrected chi connectivity index (χ2v) is 19.2. The van der Waals surface area contributed by atoms with Crippen molar-refractivity contribution in [1.82, 2.24) is 10.2 Å². The van der Waals surface area contributed by atoms with E-state index in [2.05, 4.69) is 50.6 Å². The van der Waals surface area contributed by atoms with Crippen LogP contribution in [0.25, 0.3) is 0 Å². The van der Waals surface area contributed by atoms with Gasteiger partial charge in [-0.3, -0.25) is 9.59 Å². The summed E-state index contributed by atoms with van der Waals surface area (Å²) in [5.74, 6) is 5.96. The number of hydrogen-bond acceptors (Lipinski definition) is 6. The molecular weight excluding hydrogens is 619 g/mol. The van der Waals surface area contributed by atoms with Crippen LogP contribution in [0.4, 0.5) is 0 Å². The van der Waals surface area contributed by atoms with Gasteiger partial charge in [-0.05, 0) is 169 Å². The maximum Gasteiger partial charge on any atom is 0.309 e.